The van der Waals surface area contributed by atoms with Crippen LogP contribution in [0.25, 0.3) is 0 Å². The van der Waals surface area contributed by atoms with Crippen LogP contribution >= 0.6 is 0 Å². The van der Waals surface area contributed by atoms with Gasteiger partial charge in [-0.2, -0.15) is 0 Å². The zero-order valence-electron chi connectivity index (χ0n) is 11.3. The molecular weight excluding hydrogens is 226 g/mol. The van der Waals surface area contributed by atoms with Crippen LogP contribution in [-0.2, 0) is 6.54 Å². The van der Waals surface area contributed by atoms with E-state index >= 15 is 0 Å². The summed E-state index contributed by atoms with van der Waals surface area (Å²) in [5.74, 6) is 1.33. The molecule has 100 valence electrons. The quantitative estimate of drug-likeness (QED) is 0.888. The van der Waals surface area contributed by atoms with E-state index in [9.17, 15) is 5.11 Å². The number of benzene rings is 1. The molecule has 1 aromatic rings. The first kappa shape index (κ1) is 13.4. The number of methoxy groups -OCH3 is 1. The molecule has 18 heavy (non-hydrogen) atoms. The minimum Gasteiger partial charge on any atom is -0.497 e. The van der Waals surface area contributed by atoms with E-state index in [2.05, 4.69) is 24.0 Å². The zero-order chi connectivity index (χ0) is 13.0. The average molecular weight is 249 g/mol. The van der Waals surface area contributed by atoms with Crippen molar-refractivity contribution in [1.29, 1.82) is 0 Å². The Hall–Kier alpha value is -1.06. The Morgan fingerprint density at radius 1 is 1.44 bits per heavy atom. The molecule has 2 unspecified atom stereocenters. The third-order valence-corrected chi connectivity index (χ3v) is 3.84. The topological polar surface area (TPSA) is 32.7 Å². The van der Waals surface area contributed by atoms with Gasteiger partial charge in [-0.3, -0.25) is 4.90 Å². The molecule has 0 bridgehead atoms. The van der Waals surface area contributed by atoms with E-state index in [4.69, 9.17) is 4.74 Å². The van der Waals surface area contributed by atoms with Crippen LogP contribution < -0.4 is 4.74 Å². The summed E-state index contributed by atoms with van der Waals surface area (Å²) in [5, 5.41) is 9.89. The van der Waals surface area contributed by atoms with Crippen LogP contribution in [0.2, 0.25) is 0 Å². The molecule has 3 heteroatoms. The van der Waals surface area contributed by atoms with Gasteiger partial charge in [0.05, 0.1) is 13.2 Å². The normalized spacial score (nSPS) is 25.1. The average Bonchev–Trinajstić information content (AvgIpc) is 2.41. The first-order valence-electron chi connectivity index (χ1n) is 6.76. The molecule has 1 saturated heterocycles. The summed E-state index contributed by atoms with van der Waals surface area (Å²) in [6, 6.07) is 8.23. The Labute approximate surface area is 109 Å². The number of piperidine rings is 1. The molecule has 1 N–H and O–H groups in total. The second-order valence-electron chi connectivity index (χ2n) is 5.11. The molecule has 0 amide bonds. The van der Waals surface area contributed by atoms with Crippen LogP contribution in [0.4, 0.5) is 0 Å². The van der Waals surface area contributed by atoms with Crippen molar-refractivity contribution < 1.29 is 9.84 Å². The predicted molar refractivity (Wildman–Crippen MR) is 72.7 cm³/mol. The summed E-state index contributed by atoms with van der Waals surface area (Å²) in [6.45, 7) is 5.08. The highest BCUT2D eigenvalue weighted by Crippen LogP contribution is 2.22. The number of aliphatic hydroxyl groups is 1. The summed E-state index contributed by atoms with van der Waals surface area (Å²) >= 11 is 0. The molecule has 0 saturated carbocycles. The SMILES string of the molecule is CCC1CN(Cc2cccc(OC)c2)CCC1O. The van der Waals surface area contributed by atoms with Gasteiger partial charge in [0.15, 0.2) is 0 Å². The van der Waals surface area contributed by atoms with Crippen LogP contribution in [0.3, 0.4) is 0 Å². The molecule has 1 fully saturated rings. The smallest absolute Gasteiger partial charge is 0.119 e. The molecule has 0 aromatic heterocycles. The van der Waals surface area contributed by atoms with Crippen molar-refractivity contribution in [2.45, 2.75) is 32.4 Å². The van der Waals surface area contributed by atoms with Gasteiger partial charge in [-0.25, -0.2) is 0 Å². The minimum atomic E-state index is -0.114. The lowest BCUT2D eigenvalue weighted by molar-refractivity contribution is 0.0222. The molecule has 3 nitrogen and oxygen atoms in total. The van der Waals surface area contributed by atoms with Crippen LogP contribution in [-0.4, -0.2) is 36.3 Å². The van der Waals surface area contributed by atoms with Gasteiger partial charge in [-0.15, -0.1) is 0 Å². The fraction of sp³-hybridized carbons (Fsp3) is 0.600. The van der Waals surface area contributed by atoms with E-state index in [1.165, 1.54) is 5.56 Å². The molecule has 1 aliphatic heterocycles. The summed E-state index contributed by atoms with van der Waals surface area (Å²) < 4.78 is 5.24. The largest absolute Gasteiger partial charge is 0.497 e. The van der Waals surface area contributed by atoms with Gasteiger partial charge in [-0.1, -0.05) is 19.1 Å². The number of rotatable bonds is 4. The van der Waals surface area contributed by atoms with E-state index in [0.717, 1.165) is 38.2 Å². The van der Waals surface area contributed by atoms with Crippen molar-refractivity contribution in [2.24, 2.45) is 5.92 Å². The molecule has 1 heterocycles. The first-order valence-corrected chi connectivity index (χ1v) is 6.76. The number of likely N-dealkylation sites (tertiary alicyclic amines) is 1. The third-order valence-electron chi connectivity index (χ3n) is 3.84. The van der Waals surface area contributed by atoms with Crippen molar-refractivity contribution in [3.05, 3.63) is 29.8 Å². The van der Waals surface area contributed by atoms with Gasteiger partial charge in [0.25, 0.3) is 0 Å². The lowest BCUT2D eigenvalue weighted by Gasteiger charge is -2.35. The Kier molecular flexibility index (Phi) is 4.61. The highest BCUT2D eigenvalue weighted by Gasteiger charge is 2.26. The molecule has 1 aliphatic rings. The number of aliphatic hydroxyl groups excluding tert-OH is 1. The number of hydrogen-bond acceptors (Lipinski definition) is 3. The van der Waals surface area contributed by atoms with Gasteiger partial charge in [0.1, 0.15) is 5.75 Å². The van der Waals surface area contributed by atoms with Crippen LogP contribution in [0.1, 0.15) is 25.3 Å². The van der Waals surface area contributed by atoms with Crippen molar-refractivity contribution >= 4 is 0 Å². The standard InChI is InChI=1S/C15H23NO2/c1-3-13-11-16(8-7-15(13)17)10-12-5-4-6-14(9-12)18-2/h4-6,9,13,15,17H,3,7-8,10-11H2,1-2H3. The molecule has 0 aliphatic carbocycles. The minimum absolute atomic E-state index is 0.114. The third kappa shape index (κ3) is 3.24. The van der Waals surface area contributed by atoms with Gasteiger partial charge < -0.3 is 9.84 Å². The molecule has 0 radical (unpaired) electrons. The van der Waals surface area contributed by atoms with Gasteiger partial charge >= 0.3 is 0 Å². The van der Waals surface area contributed by atoms with Crippen molar-refractivity contribution in [3.8, 4) is 5.75 Å². The Morgan fingerprint density at radius 3 is 3.00 bits per heavy atom. The summed E-state index contributed by atoms with van der Waals surface area (Å²) in [6.07, 6.45) is 1.83. The fourth-order valence-corrected chi connectivity index (χ4v) is 2.67. The van der Waals surface area contributed by atoms with Gasteiger partial charge in [0.2, 0.25) is 0 Å². The summed E-state index contributed by atoms with van der Waals surface area (Å²) in [7, 11) is 1.70. The molecule has 2 rings (SSSR count). The maximum absolute atomic E-state index is 9.89. The molecule has 0 spiro atoms. The highest BCUT2D eigenvalue weighted by molar-refractivity contribution is 5.28. The number of ether oxygens (including phenoxy) is 1. The van der Waals surface area contributed by atoms with Crippen molar-refractivity contribution in [2.75, 3.05) is 20.2 Å². The first-order chi connectivity index (χ1) is 8.72. The Bertz CT molecular complexity index is 381. The maximum Gasteiger partial charge on any atom is 0.119 e. The predicted octanol–water partition coefficient (Wildman–Crippen LogP) is 2.29. The summed E-state index contributed by atoms with van der Waals surface area (Å²) in [5.41, 5.74) is 1.28. The number of hydrogen-bond donors (Lipinski definition) is 1. The number of nitrogens with zero attached hydrogens (tertiary/aromatic N) is 1. The van der Waals surface area contributed by atoms with E-state index in [0.29, 0.717) is 5.92 Å². The fourth-order valence-electron chi connectivity index (χ4n) is 2.67. The highest BCUT2D eigenvalue weighted by atomic mass is 16.5. The molecule has 2 atom stereocenters. The lowest BCUT2D eigenvalue weighted by Crippen LogP contribution is -2.42. The second-order valence-corrected chi connectivity index (χ2v) is 5.11. The monoisotopic (exact) mass is 249 g/mol. The molecular formula is C15H23NO2. The molecule has 1 aromatic carbocycles. The van der Waals surface area contributed by atoms with E-state index in [1.54, 1.807) is 7.11 Å². The van der Waals surface area contributed by atoms with E-state index < -0.39 is 0 Å². The Morgan fingerprint density at radius 2 is 2.28 bits per heavy atom. The Balaban J connectivity index is 1.96. The van der Waals surface area contributed by atoms with Crippen LogP contribution in [0.5, 0.6) is 5.75 Å². The maximum atomic E-state index is 9.89. The van der Waals surface area contributed by atoms with Crippen molar-refractivity contribution in [1.82, 2.24) is 4.90 Å². The summed E-state index contributed by atoms with van der Waals surface area (Å²) in [4.78, 5) is 2.43. The van der Waals surface area contributed by atoms with E-state index in [-0.39, 0.29) is 6.10 Å². The van der Waals surface area contributed by atoms with Crippen LogP contribution in [0.15, 0.2) is 24.3 Å². The lowest BCUT2D eigenvalue weighted by atomic mass is 9.92. The van der Waals surface area contributed by atoms with E-state index in [1.807, 2.05) is 12.1 Å². The second kappa shape index (κ2) is 6.21. The van der Waals surface area contributed by atoms with Gasteiger partial charge in [0, 0.05) is 19.6 Å². The van der Waals surface area contributed by atoms with Gasteiger partial charge in [-0.05, 0) is 36.5 Å². The van der Waals surface area contributed by atoms with Crippen LogP contribution in [0, 0.1) is 5.92 Å². The zero-order valence-corrected chi connectivity index (χ0v) is 11.3. The van der Waals surface area contributed by atoms with Crippen molar-refractivity contribution in [3.63, 3.8) is 0 Å².